The van der Waals surface area contributed by atoms with Crippen LogP contribution in [0.25, 0.3) is 0 Å². The third kappa shape index (κ3) is 5.23. The van der Waals surface area contributed by atoms with Gasteiger partial charge in [-0.15, -0.1) is 11.3 Å². The van der Waals surface area contributed by atoms with Crippen LogP contribution in [0.3, 0.4) is 0 Å². The van der Waals surface area contributed by atoms with E-state index in [1.165, 1.54) is 5.01 Å². The largest absolute Gasteiger partial charge is 0.493 e. The lowest BCUT2D eigenvalue weighted by atomic mass is 10.0. The number of hydrogen-bond donors (Lipinski definition) is 0. The average Bonchev–Trinajstić information content (AvgIpc) is 3.53. The number of hydrogen-bond acceptors (Lipinski definition) is 7. The molecule has 0 N–H and O–H groups in total. The van der Waals surface area contributed by atoms with Gasteiger partial charge in [0, 0.05) is 6.42 Å². The highest BCUT2D eigenvalue weighted by Gasteiger charge is 2.34. The van der Waals surface area contributed by atoms with Gasteiger partial charge in [-0.2, -0.15) is 5.10 Å². The van der Waals surface area contributed by atoms with Crippen molar-refractivity contribution in [3.63, 3.8) is 0 Å². The van der Waals surface area contributed by atoms with Crippen molar-refractivity contribution in [2.24, 2.45) is 5.10 Å². The Hall–Kier alpha value is -3.65. The van der Waals surface area contributed by atoms with Gasteiger partial charge in [0.25, 0.3) is 5.91 Å². The van der Waals surface area contributed by atoms with Gasteiger partial charge in [0.15, 0.2) is 18.1 Å². The number of benzene rings is 2. The van der Waals surface area contributed by atoms with Gasteiger partial charge in [-0.3, -0.25) is 9.59 Å². The summed E-state index contributed by atoms with van der Waals surface area (Å²) in [5, 5.41) is 7.98. The predicted octanol–water partition coefficient (Wildman–Crippen LogP) is 4.23. The number of carbonyl (C=O) groups is 2. The molecule has 1 unspecified atom stereocenters. The first-order chi connectivity index (χ1) is 16.1. The number of thiophene rings is 1. The molecule has 0 fully saturated rings. The third-order valence-electron chi connectivity index (χ3n) is 5.31. The maximum atomic E-state index is 13.1. The van der Waals surface area contributed by atoms with E-state index < -0.39 is 5.97 Å². The highest BCUT2D eigenvalue weighted by molar-refractivity contribution is 7.12. The zero-order valence-electron chi connectivity index (χ0n) is 18.4. The van der Waals surface area contributed by atoms with Crippen LogP contribution in [0.15, 0.2) is 71.1 Å². The van der Waals surface area contributed by atoms with Crippen molar-refractivity contribution in [3.8, 4) is 11.5 Å². The quantitative estimate of drug-likeness (QED) is 0.466. The SMILES string of the molecule is COc1ccc(C2CC(c3cccs3)=NN2C(=O)COC(=O)Cc2ccccc2)cc1OC. The van der Waals surface area contributed by atoms with Crippen molar-refractivity contribution >= 4 is 28.9 Å². The van der Waals surface area contributed by atoms with Gasteiger partial charge < -0.3 is 14.2 Å². The minimum Gasteiger partial charge on any atom is -0.493 e. The molecule has 3 aromatic rings. The van der Waals surface area contributed by atoms with Crippen LogP contribution in [0.2, 0.25) is 0 Å². The first kappa shape index (κ1) is 22.5. The fraction of sp³-hybridized carbons (Fsp3) is 0.240. The normalized spacial score (nSPS) is 15.2. The molecule has 2 aromatic carbocycles. The Morgan fingerprint density at radius 2 is 1.82 bits per heavy atom. The van der Waals surface area contributed by atoms with E-state index in [1.807, 2.05) is 60.0 Å². The number of nitrogens with zero attached hydrogens (tertiary/aromatic N) is 2. The van der Waals surface area contributed by atoms with E-state index >= 15 is 0 Å². The Balaban J connectivity index is 1.52. The summed E-state index contributed by atoms with van der Waals surface area (Å²) in [6, 6.07) is 18.4. The lowest BCUT2D eigenvalue weighted by molar-refractivity contribution is -0.152. The fourth-order valence-corrected chi connectivity index (χ4v) is 4.39. The molecular formula is C25H24N2O5S. The fourth-order valence-electron chi connectivity index (χ4n) is 3.67. The number of hydrazone groups is 1. The number of rotatable bonds is 8. The van der Waals surface area contributed by atoms with Gasteiger partial charge >= 0.3 is 5.97 Å². The van der Waals surface area contributed by atoms with E-state index in [0.717, 1.165) is 21.7 Å². The van der Waals surface area contributed by atoms with Gasteiger partial charge in [-0.1, -0.05) is 42.5 Å². The molecule has 1 aliphatic rings. The first-order valence-corrected chi connectivity index (χ1v) is 11.3. The van der Waals surface area contributed by atoms with Crippen LogP contribution in [0, 0.1) is 0 Å². The third-order valence-corrected chi connectivity index (χ3v) is 6.23. The molecule has 33 heavy (non-hydrogen) atoms. The van der Waals surface area contributed by atoms with Crippen molar-refractivity contribution in [2.75, 3.05) is 20.8 Å². The molecule has 170 valence electrons. The molecule has 4 rings (SSSR count). The molecule has 1 atom stereocenters. The van der Waals surface area contributed by atoms with Crippen molar-refractivity contribution in [1.29, 1.82) is 0 Å². The van der Waals surface area contributed by atoms with Crippen molar-refractivity contribution in [1.82, 2.24) is 5.01 Å². The number of methoxy groups -OCH3 is 2. The molecule has 0 aliphatic carbocycles. The highest BCUT2D eigenvalue weighted by atomic mass is 32.1. The van der Waals surface area contributed by atoms with E-state index in [9.17, 15) is 9.59 Å². The predicted molar refractivity (Wildman–Crippen MR) is 126 cm³/mol. The molecule has 0 radical (unpaired) electrons. The van der Waals surface area contributed by atoms with Crippen LogP contribution in [0.5, 0.6) is 11.5 Å². The maximum absolute atomic E-state index is 13.1. The molecule has 0 spiro atoms. The number of amides is 1. The molecule has 1 aliphatic heterocycles. The second-order valence-electron chi connectivity index (χ2n) is 7.42. The summed E-state index contributed by atoms with van der Waals surface area (Å²) in [6.07, 6.45) is 0.649. The van der Waals surface area contributed by atoms with Crippen LogP contribution in [0.4, 0.5) is 0 Å². The average molecular weight is 465 g/mol. The lowest BCUT2D eigenvalue weighted by Gasteiger charge is -2.22. The number of esters is 1. The molecular weight excluding hydrogens is 440 g/mol. The van der Waals surface area contributed by atoms with Crippen LogP contribution in [-0.2, 0) is 20.7 Å². The summed E-state index contributed by atoms with van der Waals surface area (Å²) in [5.41, 5.74) is 2.50. The van der Waals surface area contributed by atoms with E-state index in [4.69, 9.17) is 14.2 Å². The second-order valence-corrected chi connectivity index (χ2v) is 8.37. The van der Waals surface area contributed by atoms with Crippen LogP contribution in [-0.4, -0.2) is 43.4 Å². The Bertz CT molecular complexity index is 1140. The summed E-state index contributed by atoms with van der Waals surface area (Å²) in [7, 11) is 3.14. The second kappa shape index (κ2) is 10.3. The van der Waals surface area contributed by atoms with Crippen LogP contribution < -0.4 is 9.47 Å². The molecule has 1 aromatic heterocycles. The van der Waals surface area contributed by atoms with E-state index in [1.54, 1.807) is 31.6 Å². The Kier molecular flexibility index (Phi) is 7.04. The number of carbonyl (C=O) groups excluding carboxylic acids is 2. The monoisotopic (exact) mass is 464 g/mol. The van der Waals surface area contributed by atoms with Crippen LogP contribution >= 0.6 is 11.3 Å². The molecule has 0 saturated carbocycles. The van der Waals surface area contributed by atoms with Crippen molar-refractivity contribution in [3.05, 3.63) is 82.0 Å². The van der Waals surface area contributed by atoms with Crippen LogP contribution in [0.1, 0.15) is 28.5 Å². The van der Waals surface area contributed by atoms with Gasteiger partial charge in [0.1, 0.15) is 0 Å². The molecule has 0 bridgehead atoms. The molecule has 0 saturated heterocycles. The van der Waals surface area contributed by atoms with E-state index in [-0.39, 0.29) is 25.0 Å². The topological polar surface area (TPSA) is 77.4 Å². The van der Waals surface area contributed by atoms with Gasteiger partial charge in [0.05, 0.1) is 37.3 Å². The van der Waals surface area contributed by atoms with Gasteiger partial charge in [-0.25, -0.2) is 5.01 Å². The van der Waals surface area contributed by atoms with Crippen molar-refractivity contribution < 1.29 is 23.8 Å². The molecule has 7 nitrogen and oxygen atoms in total. The molecule has 8 heteroatoms. The minimum atomic E-state index is -0.459. The number of ether oxygens (including phenoxy) is 3. The zero-order valence-corrected chi connectivity index (χ0v) is 19.2. The zero-order chi connectivity index (χ0) is 23.2. The maximum Gasteiger partial charge on any atom is 0.310 e. The Labute approximate surface area is 196 Å². The van der Waals surface area contributed by atoms with Gasteiger partial charge in [-0.05, 0) is 34.7 Å². The molecule has 2 heterocycles. The summed E-state index contributed by atoms with van der Waals surface area (Å²) >= 11 is 1.57. The molecule has 1 amide bonds. The van der Waals surface area contributed by atoms with E-state index in [0.29, 0.717) is 17.9 Å². The summed E-state index contributed by atoms with van der Waals surface area (Å²) in [4.78, 5) is 26.3. The smallest absolute Gasteiger partial charge is 0.310 e. The summed E-state index contributed by atoms with van der Waals surface area (Å²) < 4.78 is 16.0. The first-order valence-electron chi connectivity index (χ1n) is 10.4. The van der Waals surface area contributed by atoms with E-state index in [2.05, 4.69) is 5.10 Å². The summed E-state index contributed by atoms with van der Waals surface area (Å²) in [5.74, 6) is 0.328. The summed E-state index contributed by atoms with van der Waals surface area (Å²) in [6.45, 7) is -0.378. The highest BCUT2D eigenvalue weighted by Crippen LogP contribution is 2.37. The van der Waals surface area contributed by atoms with Crippen molar-refractivity contribution in [2.45, 2.75) is 18.9 Å². The Morgan fingerprint density at radius 1 is 1.03 bits per heavy atom. The Morgan fingerprint density at radius 3 is 2.52 bits per heavy atom. The van der Waals surface area contributed by atoms with Gasteiger partial charge in [0.2, 0.25) is 0 Å². The lowest BCUT2D eigenvalue weighted by Crippen LogP contribution is -2.31. The minimum absolute atomic E-state index is 0.108. The standard InChI is InChI=1S/C25H24N2O5S/c1-30-21-11-10-18(14-22(21)31-2)20-15-19(23-9-6-12-33-23)26-27(20)24(28)16-32-25(29)13-17-7-4-3-5-8-17/h3-12,14,20H,13,15-16H2,1-2H3.